The lowest BCUT2D eigenvalue weighted by atomic mass is 10.2. The van der Waals surface area contributed by atoms with E-state index in [2.05, 4.69) is 27.6 Å². The Hall–Kier alpha value is -2.14. The number of hydrogen-bond donors (Lipinski definition) is 2. The van der Waals surface area contributed by atoms with Crippen LogP contribution in [0.5, 0.6) is 0 Å². The Labute approximate surface area is 149 Å². The first-order valence-corrected chi connectivity index (χ1v) is 7.60. The Kier molecular flexibility index (Phi) is 5.21. The summed E-state index contributed by atoms with van der Waals surface area (Å²) in [6.07, 6.45) is -1.37. The largest absolute Gasteiger partial charge is 0.465 e. The molecule has 1 heterocycles. The smallest absolute Gasteiger partial charge is 0.412 e. The molecule has 1 amide bonds. The van der Waals surface area contributed by atoms with Crippen LogP contribution in [0.2, 0.25) is 5.15 Å². The SMILES string of the molecule is Nc1nc(Cl)cc(N(Cc2ccc(I)cc2)C(=O)O)c1[N+](=O)[O-]. The predicted molar refractivity (Wildman–Crippen MR) is 93.7 cm³/mol. The molecular weight excluding hydrogens is 439 g/mol. The van der Waals surface area contributed by atoms with Crippen LogP contribution in [0.4, 0.5) is 22.0 Å². The summed E-state index contributed by atoms with van der Waals surface area (Å²) in [5.74, 6) is -0.439. The van der Waals surface area contributed by atoms with Gasteiger partial charge in [-0.3, -0.25) is 15.0 Å². The fourth-order valence-electron chi connectivity index (χ4n) is 1.93. The van der Waals surface area contributed by atoms with Crippen molar-refractivity contribution in [3.63, 3.8) is 0 Å². The molecule has 3 N–H and O–H groups in total. The number of halogens is 2. The zero-order chi connectivity index (χ0) is 17.1. The molecule has 120 valence electrons. The molecule has 0 aliphatic rings. The van der Waals surface area contributed by atoms with Gasteiger partial charge in [0, 0.05) is 9.64 Å². The van der Waals surface area contributed by atoms with Gasteiger partial charge in [0.05, 0.1) is 11.5 Å². The summed E-state index contributed by atoms with van der Waals surface area (Å²) in [5.41, 5.74) is 5.36. The molecule has 2 rings (SSSR count). The number of amides is 1. The number of carbonyl (C=O) groups is 1. The molecule has 23 heavy (non-hydrogen) atoms. The number of carboxylic acid groups (broad SMARTS) is 1. The van der Waals surface area contributed by atoms with E-state index in [0.717, 1.165) is 14.5 Å². The average molecular weight is 449 g/mol. The molecule has 1 aromatic heterocycles. The summed E-state index contributed by atoms with van der Waals surface area (Å²) >= 11 is 7.88. The number of benzene rings is 1. The summed E-state index contributed by atoms with van der Waals surface area (Å²) < 4.78 is 0.982. The lowest BCUT2D eigenvalue weighted by Gasteiger charge is -2.20. The number of nitro groups is 1. The number of anilines is 2. The maximum absolute atomic E-state index is 11.6. The van der Waals surface area contributed by atoms with Crippen LogP contribution in [0.3, 0.4) is 0 Å². The van der Waals surface area contributed by atoms with Gasteiger partial charge in [0.15, 0.2) is 0 Å². The van der Waals surface area contributed by atoms with Gasteiger partial charge >= 0.3 is 11.8 Å². The third-order valence-electron chi connectivity index (χ3n) is 2.93. The van der Waals surface area contributed by atoms with Crippen LogP contribution in [0.25, 0.3) is 0 Å². The van der Waals surface area contributed by atoms with Crippen molar-refractivity contribution in [2.24, 2.45) is 0 Å². The normalized spacial score (nSPS) is 10.3. The van der Waals surface area contributed by atoms with Crippen molar-refractivity contribution in [2.75, 3.05) is 10.6 Å². The van der Waals surface area contributed by atoms with E-state index in [0.29, 0.717) is 5.56 Å². The second-order valence-corrected chi connectivity index (χ2v) is 6.08. The topological polar surface area (TPSA) is 123 Å². The summed E-state index contributed by atoms with van der Waals surface area (Å²) in [5, 5.41) is 20.5. The monoisotopic (exact) mass is 448 g/mol. The molecular formula is C13H10ClIN4O4. The Morgan fingerprint density at radius 1 is 1.43 bits per heavy atom. The first kappa shape index (κ1) is 17.2. The van der Waals surface area contributed by atoms with Gasteiger partial charge in [-0.05, 0) is 40.3 Å². The summed E-state index contributed by atoms with van der Waals surface area (Å²) in [6.45, 7) is -0.0904. The van der Waals surface area contributed by atoms with Crippen LogP contribution in [0, 0.1) is 13.7 Å². The molecule has 0 fully saturated rings. The van der Waals surface area contributed by atoms with Crippen LogP contribution in [0.15, 0.2) is 30.3 Å². The maximum atomic E-state index is 11.6. The van der Waals surface area contributed by atoms with Crippen molar-refractivity contribution in [3.05, 3.63) is 54.7 Å². The van der Waals surface area contributed by atoms with E-state index in [9.17, 15) is 20.0 Å². The number of hydrogen-bond acceptors (Lipinski definition) is 5. The zero-order valence-electron chi connectivity index (χ0n) is 11.4. The molecule has 8 nitrogen and oxygen atoms in total. The number of rotatable bonds is 4. The quantitative estimate of drug-likeness (QED) is 0.319. The third-order valence-corrected chi connectivity index (χ3v) is 3.84. The Bertz CT molecular complexity index is 769. The Morgan fingerprint density at radius 3 is 2.57 bits per heavy atom. The van der Waals surface area contributed by atoms with Gasteiger partial charge in [0.25, 0.3) is 0 Å². The molecule has 10 heteroatoms. The minimum atomic E-state index is -1.37. The summed E-state index contributed by atoms with van der Waals surface area (Å²) in [6, 6.07) is 8.18. The minimum absolute atomic E-state index is 0.0904. The maximum Gasteiger partial charge on any atom is 0.412 e. The third kappa shape index (κ3) is 3.99. The van der Waals surface area contributed by atoms with Crippen molar-refractivity contribution in [1.29, 1.82) is 0 Å². The number of pyridine rings is 1. The second-order valence-electron chi connectivity index (χ2n) is 4.45. The molecule has 1 aromatic carbocycles. The van der Waals surface area contributed by atoms with E-state index in [4.69, 9.17) is 17.3 Å². The molecule has 0 aliphatic carbocycles. The lowest BCUT2D eigenvalue weighted by molar-refractivity contribution is -0.383. The summed E-state index contributed by atoms with van der Waals surface area (Å²) in [7, 11) is 0. The molecule has 0 bridgehead atoms. The van der Waals surface area contributed by atoms with Crippen molar-refractivity contribution in [3.8, 4) is 0 Å². The molecule has 0 saturated heterocycles. The highest BCUT2D eigenvalue weighted by Gasteiger charge is 2.28. The average Bonchev–Trinajstić information content (AvgIpc) is 2.44. The fourth-order valence-corrected chi connectivity index (χ4v) is 2.49. The number of nitrogens with two attached hydrogens (primary N) is 1. The van der Waals surface area contributed by atoms with Crippen molar-refractivity contribution in [2.45, 2.75) is 6.54 Å². The van der Waals surface area contributed by atoms with Crippen LogP contribution < -0.4 is 10.6 Å². The lowest BCUT2D eigenvalue weighted by Crippen LogP contribution is -2.29. The molecule has 0 spiro atoms. The van der Waals surface area contributed by atoms with E-state index >= 15 is 0 Å². The number of aromatic nitrogens is 1. The van der Waals surface area contributed by atoms with Crippen LogP contribution in [0.1, 0.15) is 5.56 Å². The van der Waals surface area contributed by atoms with Gasteiger partial charge in [-0.15, -0.1) is 0 Å². The van der Waals surface area contributed by atoms with Gasteiger partial charge in [-0.25, -0.2) is 9.78 Å². The van der Waals surface area contributed by atoms with E-state index in [-0.39, 0.29) is 17.4 Å². The highest BCUT2D eigenvalue weighted by molar-refractivity contribution is 14.1. The highest BCUT2D eigenvalue weighted by Crippen LogP contribution is 2.35. The molecule has 0 saturated carbocycles. The van der Waals surface area contributed by atoms with Crippen LogP contribution >= 0.6 is 34.2 Å². The van der Waals surface area contributed by atoms with E-state index in [1.165, 1.54) is 0 Å². The van der Waals surface area contributed by atoms with Gasteiger partial charge in [0.1, 0.15) is 10.8 Å². The molecule has 0 radical (unpaired) electrons. The first-order chi connectivity index (χ1) is 10.8. The Balaban J connectivity index is 2.51. The summed E-state index contributed by atoms with van der Waals surface area (Å²) in [4.78, 5) is 26.4. The van der Waals surface area contributed by atoms with E-state index in [1.807, 2.05) is 0 Å². The molecule has 0 atom stereocenters. The molecule has 2 aromatic rings. The second kappa shape index (κ2) is 6.96. The fraction of sp³-hybridized carbons (Fsp3) is 0.0769. The number of nitrogen functional groups attached to an aromatic ring is 1. The van der Waals surface area contributed by atoms with E-state index < -0.39 is 22.5 Å². The van der Waals surface area contributed by atoms with Crippen molar-refractivity contribution >= 4 is 57.5 Å². The standard InChI is InChI=1S/C13H10ClIN4O4/c14-10-5-9(11(19(22)23)12(16)17-10)18(13(20)21)6-7-1-3-8(15)4-2-7/h1-5H,6H2,(H2,16,17)(H,20,21). The molecule has 0 unspecified atom stereocenters. The Morgan fingerprint density at radius 2 is 2.04 bits per heavy atom. The highest BCUT2D eigenvalue weighted by atomic mass is 127. The van der Waals surface area contributed by atoms with Gasteiger partial charge in [-0.1, -0.05) is 23.7 Å². The van der Waals surface area contributed by atoms with Crippen molar-refractivity contribution < 1.29 is 14.8 Å². The predicted octanol–water partition coefficient (Wildman–Crippen LogP) is 3.51. The minimum Gasteiger partial charge on any atom is -0.465 e. The van der Waals surface area contributed by atoms with Gasteiger partial charge in [-0.2, -0.15) is 0 Å². The van der Waals surface area contributed by atoms with Gasteiger partial charge < -0.3 is 10.8 Å². The van der Waals surface area contributed by atoms with E-state index in [1.54, 1.807) is 24.3 Å². The first-order valence-electron chi connectivity index (χ1n) is 6.15. The molecule has 0 aliphatic heterocycles. The van der Waals surface area contributed by atoms with Crippen LogP contribution in [-0.2, 0) is 6.54 Å². The van der Waals surface area contributed by atoms with Crippen LogP contribution in [-0.4, -0.2) is 21.1 Å². The zero-order valence-corrected chi connectivity index (χ0v) is 14.4. The van der Waals surface area contributed by atoms with Crippen molar-refractivity contribution in [1.82, 2.24) is 4.98 Å². The number of nitrogens with zero attached hydrogens (tertiary/aromatic N) is 3. The van der Waals surface area contributed by atoms with Gasteiger partial charge in [0.2, 0.25) is 5.82 Å².